The van der Waals surface area contributed by atoms with E-state index in [1.54, 1.807) is 0 Å². The number of nitrogens with one attached hydrogen (secondary N) is 1. The molecule has 1 unspecified atom stereocenters. The summed E-state index contributed by atoms with van der Waals surface area (Å²) in [5.41, 5.74) is 0. The number of morpholine rings is 1. The molecular formula is C15H31N3O2. The third kappa shape index (κ3) is 5.66. The first-order valence-corrected chi connectivity index (χ1v) is 8.19. The highest BCUT2D eigenvalue weighted by Crippen LogP contribution is 2.15. The van der Waals surface area contributed by atoms with Crippen LogP contribution in [0, 0.1) is 5.92 Å². The lowest BCUT2D eigenvalue weighted by Crippen LogP contribution is -2.44. The average Bonchev–Trinajstić information content (AvgIpc) is 2.49. The van der Waals surface area contributed by atoms with Gasteiger partial charge in [-0.15, -0.1) is 0 Å². The highest BCUT2D eigenvalue weighted by atomic mass is 16.5. The molecule has 1 atom stereocenters. The summed E-state index contributed by atoms with van der Waals surface area (Å²) in [5, 5.41) is 13.5. The minimum atomic E-state index is -0.260. The van der Waals surface area contributed by atoms with Gasteiger partial charge in [0.25, 0.3) is 0 Å². The lowest BCUT2D eigenvalue weighted by molar-refractivity contribution is 0.0147. The highest BCUT2D eigenvalue weighted by Gasteiger charge is 2.18. The van der Waals surface area contributed by atoms with Gasteiger partial charge in [0, 0.05) is 26.2 Å². The molecule has 2 rings (SSSR count). The predicted octanol–water partition coefficient (Wildman–Crippen LogP) is 0.00100. The molecule has 0 radical (unpaired) electrons. The van der Waals surface area contributed by atoms with Crippen LogP contribution in [0.5, 0.6) is 0 Å². The molecule has 5 nitrogen and oxygen atoms in total. The molecule has 2 saturated heterocycles. The summed E-state index contributed by atoms with van der Waals surface area (Å²) in [4.78, 5) is 4.80. The second-order valence-corrected chi connectivity index (χ2v) is 6.10. The van der Waals surface area contributed by atoms with Crippen molar-refractivity contribution in [2.75, 3.05) is 65.6 Å². The predicted molar refractivity (Wildman–Crippen MR) is 81.0 cm³/mol. The van der Waals surface area contributed by atoms with Crippen LogP contribution in [0.3, 0.4) is 0 Å². The van der Waals surface area contributed by atoms with Crippen LogP contribution in [-0.4, -0.2) is 86.6 Å². The fourth-order valence-corrected chi connectivity index (χ4v) is 3.11. The number of likely N-dealkylation sites (tertiary alicyclic amines) is 1. The lowest BCUT2D eigenvalue weighted by Gasteiger charge is -2.31. The fourth-order valence-electron chi connectivity index (χ4n) is 3.11. The third-order valence-electron chi connectivity index (χ3n) is 4.54. The van der Waals surface area contributed by atoms with Gasteiger partial charge in [-0.05, 0) is 44.9 Å². The Morgan fingerprint density at radius 1 is 1.15 bits per heavy atom. The van der Waals surface area contributed by atoms with Crippen LogP contribution in [0.4, 0.5) is 0 Å². The Kier molecular flexibility index (Phi) is 7.24. The van der Waals surface area contributed by atoms with E-state index in [1.807, 2.05) is 0 Å². The van der Waals surface area contributed by atoms with Gasteiger partial charge in [-0.25, -0.2) is 0 Å². The van der Waals surface area contributed by atoms with Gasteiger partial charge < -0.3 is 20.1 Å². The van der Waals surface area contributed by atoms with Gasteiger partial charge in [0.05, 0.1) is 19.3 Å². The number of aliphatic hydroxyl groups excluding tert-OH is 1. The summed E-state index contributed by atoms with van der Waals surface area (Å²) in [6.07, 6.45) is 2.32. The Balaban J connectivity index is 1.51. The normalized spacial score (nSPS) is 24.9. The molecule has 0 spiro atoms. The second-order valence-electron chi connectivity index (χ2n) is 6.10. The van der Waals surface area contributed by atoms with E-state index in [9.17, 15) is 5.11 Å². The molecule has 0 aromatic heterocycles. The number of piperidine rings is 1. The summed E-state index contributed by atoms with van der Waals surface area (Å²) < 4.78 is 5.32. The zero-order chi connectivity index (χ0) is 14.2. The van der Waals surface area contributed by atoms with E-state index in [4.69, 9.17) is 4.74 Å². The van der Waals surface area contributed by atoms with E-state index < -0.39 is 0 Å². The quantitative estimate of drug-likeness (QED) is 0.690. The fraction of sp³-hybridized carbons (Fsp3) is 1.00. The van der Waals surface area contributed by atoms with Gasteiger partial charge in [-0.3, -0.25) is 4.90 Å². The van der Waals surface area contributed by atoms with Gasteiger partial charge in [0.1, 0.15) is 0 Å². The van der Waals surface area contributed by atoms with Crippen LogP contribution in [0.1, 0.15) is 19.8 Å². The van der Waals surface area contributed by atoms with Crippen molar-refractivity contribution < 1.29 is 9.84 Å². The van der Waals surface area contributed by atoms with Crippen molar-refractivity contribution in [3.8, 4) is 0 Å². The molecule has 2 heterocycles. The first-order chi connectivity index (χ1) is 9.78. The number of rotatable bonds is 7. The van der Waals surface area contributed by atoms with E-state index in [2.05, 4.69) is 22.0 Å². The molecule has 118 valence electrons. The van der Waals surface area contributed by atoms with Crippen LogP contribution in [0.2, 0.25) is 0 Å². The standard InChI is InChI=1S/C15H31N3O2/c1-2-17-5-3-14(4-6-17)11-16-12-15(19)13-18-7-9-20-10-8-18/h14-16,19H,2-13H2,1H3. The van der Waals surface area contributed by atoms with E-state index in [-0.39, 0.29) is 6.10 Å². The number of aliphatic hydroxyl groups is 1. The van der Waals surface area contributed by atoms with Gasteiger partial charge in [0.15, 0.2) is 0 Å². The molecule has 0 bridgehead atoms. The van der Waals surface area contributed by atoms with Crippen LogP contribution in [0.25, 0.3) is 0 Å². The highest BCUT2D eigenvalue weighted by molar-refractivity contribution is 4.75. The summed E-state index contributed by atoms with van der Waals surface area (Å²) in [6, 6.07) is 0. The van der Waals surface area contributed by atoms with Crippen molar-refractivity contribution in [1.29, 1.82) is 0 Å². The molecule has 0 aliphatic carbocycles. The zero-order valence-corrected chi connectivity index (χ0v) is 12.9. The number of ether oxygens (including phenoxy) is 1. The summed E-state index contributed by atoms with van der Waals surface area (Å²) in [5.74, 6) is 0.786. The van der Waals surface area contributed by atoms with Crippen LogP contribution in [0.15, 0.2) is 0 Å². The van der Waals surface area contributed by atoms with Crippen molar-refractivity contribution in [1.82, 2.24) is 15.1 Å². The number of β-amino-alcohol motifs (C(OH)–C–C–N with tert-alkyl or cyclic N) is 1. The van der Waals surface area contributed by atoms with Gasteiger partial charge in [-0.2, -0.15) is 0 Å². The van der Waals surface area contributed by atoms with E-state index in [0.717, 1.165) is 45.3 Å². The second kappa shape index (κ2) is 8.95. The van der Waals surface area contributed by atoms with Crippen molar-refractivity contribution in [3.05, 3.63) is 0 Å². The third-order valence-corrected chi connectivity index (χ3v) is 4.54. The SMILES string of the molecule is CCN1CCC(CNCC(O)CN2CCOCC2)CC1. The van der Waals surface area contributed by atoms with Crippen molar-refractivity contribution >= 4 is 0 Å². The number of nitrogens with zero attached hydrogens (tertiary/aromatic N) is 2. The molecule has 2 aliphatic heterocycles. The van der Waals surface area contributed by atoms with Crippen LogP contribution >= 0.6 is 0 Å². The summed E-state index contributed by atoms with van der Waals surface area (Å²) in [7, 11) is 0. The van der Waals surface area contributed by atoms with Gasteiger partial charge in [-0.1, -0.05) is 6.92 Å². The Labute approximate surface area is 123 Å². The smallest absolute Gasteiger partial charge is 0.0791 e. The lowest BCUT2D eigenvalue weighted by atomic mass is 9.97. The molecule has 2 aliphatic rings. The zero-order valence-electron chi connectivity index (χ0n) is 12.9. The largest absolute Gasteiger partial charge is 0.390 e. The Bertz CT molecular complexity index is 252. The first kappa shape index (κ1) is 16.2. The summed E-state index contributed by atoms with van der Waals surface area (Å²) >= 11 is 0. The minimum absolute atomic E-state index is 0.260. The number of hydrogen-bond donors (Lipinski definition) is 2. The van der Waals surface area contributed by atoms with Crippen molar-refractivity contribution in [2.45, 2.75) is 25.9 Å². The molecule has 20 heavy (non-hydrogen) atoms. The van der Waals surface area contributed by atoms with Gasteiger partial charge in [0.2, 0.25) is 0 Å². The van der Waals surface area contributed by atoms with Crippen LogP contribution in [-0.2, 0) is 4.74 Å². The molecular weight excluding hydrogens is 254 g/mol. The molecule has 0 amide bonds. The Hall–Kier alpha value is -0.200. The number of hydrogen-bond acceptors (Lipinski definition) is 5. The van der Waals surface area contributed by atoms with E-state index in [1.165, 1.54) is 32.5 Å². The van der Waals surface area contributed by atoms with Crippen LogP contribution < -0.4 is 5.32 Å². The monoisotopic (exact) mass is 285 g/mol. The Morgan fingerprint density at radius 2 is 1.85 bits per heavy atom. The molecule has 2 N–H and O–H groups in total. The maximum Gasteiger partial charge on any atom is 0.0791 e. The molecule has 0 aromatic carbocycles. The first-order valence-electron chi connectivity index (χ1n) is 8.19. The maximum absolute atomic E-state index is 10.1. The molecule has 5 heteroatoms. The Morgan fingerprint density at radius 3 is 2.50 bits per heavy atom. The topological polar surface area (TPSA) is 48.0 Å². The average molecular weight is 285 g/mol. The molecule has 2 fully saturated rings. The molecule has 0 aromatic rings. The summed E-state index contributed by atoms with van der Waals surface area (Å²) in [6.45, 7) is 11.9. The van der Waals surface area contributed by atoms with Crippen molar-refractivity contribution in [2.24, 2.45) is 5.92 Å². The van der Waals surface area contributed by atoms with Gasteiger partial charge >= 0.3 is 0 Å². The minimum Gasteiger partial charge on any atom is -0.390 e. The van der Waals surface area contributed by atoms with Crippen molar-refractivity contribution in [3.63, 3.8) is 0 Å². The molecule has 0 saturated carbocycles. The van der Waals surface area contributed by atoms with E-state index in [0.29, 0.717) is 6.54 Å². The maximum atomic E-state index is 10.1. The van der Waals surface area contributed by atoms with E-state index >= 15 is 0 Å².